The summed E-state index contributed by atoms with van der Waals surface area (Å²) < 4.78 is 28.9. The Hall–Kier alpha value is -3.74. The summed E-state index contributed by atoms with van der Waals surface area (Å²) in [5, 5.41) is 2.47. The third-order valence-electron chi connectivity index (χ3n) is 5.18. The summed E-state index contributed by atoms with van der Waals surface area (Å²) in [4.78, 5) is 18.4. The molecule has 0 aliphatic rings. The summed E-state index contributed by atoms with van der Waals surface area (Å²) in [5.74, 6) is -1.51. The van der Waals surface area contributed by atoms with Crippen molar-refractivity contribution < 1.29 is 13.6 Å². The van der Waals surface area contributed by atoms with Crippen molar-refractivity contribution in [3.05, 3.63) is 90.3 Å². The van der Waals surface area contributed by atoms with Gasteiger partial charge in [0, 0.05) is 18.8 Å². The largest absolute Gasteiger partial charge is 0.322 e. The highest BCUT2D eigenvalue weighted by Gasteiger charge is 2.19. The number of urea groups is 1. The summed E-state index contributed by atoms with van der Waals surface area (Å²) in [6.45, 7) is 1.88. The van der Waals surface area contributed by atoms with Gasteiger partial charge in [0.05, 0.1) is 22.8 Å². The van der Waals surface area contributed by atoms with E-state index in [0.717, 1.165) is 34.4 Å². The van der Waals surface area contributed by atoms with Crippen LogP contribution < -0.4 is 5.32 Å². The quantitative estimate of drug-likeness (QED) is 0.485. The van der Waals surface area contributed by atoms with Crippen LogP contribution in [0.3, 0.4) is 0 Å². The van der Waals surface area contributed by atoms with Gasteiger partial charge in [-0.1, -0.05) is 24.3 Å². The number of halogens is 2. The van der Waals surface area contributed by atoms with Crippen molar-refractivity contribution in [1.29, 1.82) is 0 Å². The lowest BCUT2D eigenvalue weighted by molar-refractivity contribution is 0.208. The highest BCUT2D eigenvalue weighted by molar-refractivity contribution is 5.89. The standard InChI is InChI=1S/C23H20F2N4O/c1-15(28(2)23(30)27-20-12-9-17(24)13-19(20)25)16-7-10-18(11-8-16)29-14-26-21-5-3-4-6-22(21)29/h3-15H,1-2H3,(H,27,30)/t15-/m0/s1. The first-order chi connectivity index (χ1) is 14.4. The number of aromatic nitrogens is 2. The zero-order chi connectivity index (χ0) is 21.3. The van der Waals surface area contributed by atoms with Crippen LogP contribution in [0.2, 0.25) is 0 Å². The van der Waals surface area contributed by atoms with Crippen molar-refractivity contribution in [2.75, 3.05) is 12.4 Å². The number of rotatable bonds is 4. The molecule has 30 heavy (non-hydrogen) atoms. The van der Waals surface area contributed by atoms with E-state index in [0.29, 0.717) is 0 Å². The maximum Gasteiger partial charge on any atom is 0.322 e. The second-order valence-corrected chi connectivity index (χ2v) is 7.04. The Balaban J connectivity index is 1.50. The van der Waals surface area contributed by atoms with Gasteiger partial charge in [-0.05, 0) is 48.9 Å². The molecule has 0 saturated carbocycles. The molecule has 0 unspecified atom stereocenters. The zero-order valence-electron chi connectivity index (χ0n) is 16.5. The third-order valence-corrected chi connectivity index (χ3v) is 5.18. The second kappa shape index (κ2) is 7.94. The Morgan fingerprint density at radius 2 is 1.80 bits per heavy atom. The van der Waals surface area contributed by atoms with Crippen LogP contribution in [-0.4, -0.2) is 27.5 Å². The van der Waals surface area contributed by atoms with Crippen LogP contribution >= 0.6 is 0 Å². The molecule has 0 saturated heterocycles. The van der Waals surface area contributed by atoms with E-state index in [1.807, 2.05) is 60.0 Å². The van der Waals surface area contributed by atoms with E-state index in [1.165, 1.54) is 11.0 Å². The second-order valence-electron chi connectivity index (χ2n) is 7.04. The molecule has 0 fully saturated rings. The number of fused-ring (bicyclic) bond motifs is 1. The average Bonchev–Trinajstić information content (AvgIpc) is 3.19. The average molecular weight is 406 g/mol. The Kier molecular flexibility index (Phi) is 5.18. The van der Waals surface area contributed by atoms with Gasteiger partial charge in [0.25, 0.3) is 0 Å². The van der Waals surface area contributed by atoms with Crippen LogP contribution in [0.25, 0.3) is 16.7 Å². The molecule has 152 valence electrons. The fourth-order valence-corrected chi connectivity index (χ4v) is 3.27. The number of imidazole rings is 1. The SMILES string of the molecule is C[C@@H](c1ccc(-n2cnc3ccccc32)cc1)N(C)C(=O)Nc1ccc(F)cc1F. The topological polar surface area (TPSA) is 50.2 Å². The number of hydrogen-bond donors (Lipinski definition) is 1. The molecule has 4 rings (SSSR count). The molecule has 1 heterocycles. The van der Waals surface area contributed by atoms with Crippen LogP contribution in [-0.2, 0) is 0 Å². The number of benzene rings is 3. The Morgan fingerprint density at radius 1 is 1.07 bits per heavy atom. The van der Waals surface area contributed by atoms with Crippen molar-refractivity contribution in [2.24, 2.45) is 0 Å². The molecule has 3 aromatic carbocycles. The molecule has 0 bridgehead atoms. The number of nitrogens with zero attached hydrogens (tertiary/aromatic N) is 3. The van der Waals surface area contributed by atoms with Crippen LogP contribution in [0, 0.1) is 11.6 Å². The number of amides is 2. The van der Waals surface area contributed by atoms with Crippen molar-refractivity contribution in [3.63, 3.8) is 0 Å². The predicted molar refractivity (Wildman–Crippen MR) is 113 cm³/mol. The van der Waals surface area contributed by atoms with E-state index in [9.17, 15) is 13.6 Å². The minimum Gasteiger partial charge on any atom is -0.321 e. The van der Waals surface area contributed by atoms with Gasteiger partial charge in [-0.25, -0.2) is 18.6 Å². The lowest BCUT2D eigenvalue weighted by Crippen LogP contribution is -2.33. The van der Waals surface area contributed by atoms with Crippen LogP contribution in [0.4, 0.5) is 19.3 Å². The van der Waals surface area contributed by atoms with Crippen LogP contribution in [0.5, 0.6) is 0 Å². The van der Waals surface area contributed by atoms with Crippen molar-refractivity contribution in [2.45, 2.75) is 13.0 Å². The molecule has 1 atom stereocenters. The van der Waals surface area contributed by atoms with E-state index >= 15 is 0 Å². The first-order valence-corrected chi connectivity index (χ1v) is 9.45. The fourth-order valence-electron chi connectivity index (χ4n) is 3.27. The molecule has 2 amide bonds. The van der Waals surface area contributed by atoms with Gasteiger partial charge in [0.15, 0.2) is 0 Å². The lowest BCUT2D eigenvalue weighted by Gasteiger charge is -2.26. The maximum atomic E-state index is 13.8. The fraction of sp³-hybridized carbons (Fsp3) is 0.130. The maximum absolute atomic E-state index is 13.8. The number of carbonyl (C=O) groups excluding carboxylic acids is 1. The molecule has 4 aromatic rings. The smallest absolute Gasteiger partial charge is 0.321 e. The van der Waals surface area contributed by atoms with Gasteiger partial charge in [0.2, 0.25) is 0 Å². The number of anilines is 1. The molecule has 1 N–H and O–H groups in total. The Bertz CT molecular complexity index is 1200. The van der Waals surface area contributed by atoms with E-state index < -0.39 is 17.7 Å². The van der Waals surface area contributed by atoms with E-state index in [2.05, 4.69) is 10.3 Å². The number of carbonyl (C=O) groups is 1. The van der Waals surface area contributed by atoms with Gasteiger partial charge >= 0.3 is 6.03 Å². The molecule has 7 heteroatoms. The van der Waals surface area contributed by atoms with E-state index in [1.54, 1.807) is 13.4 Å². The van der Waals surface area contributed by atoms with Crippen LogP contribution in [0.15, 0.2) is 73.1 Å². The van der Waals surface area contributed by atoms with Crippen molar-refractivity contribution in [1.82, 2.24) is 14.5 Å². The minimum absolute atomic E-state index is 0.0669. The van der Waals surface area contributed by atoms with E-state index in [4.69, 9.17) is 0 Å². The Labute approximate surface area is 172 Å². The summed E-state index contributed by atoms with van der Waals surface area (Å²) in [5.41, 5.74) is 3.74. The third kappa shape index (κ3) is 3.74. The zero-order valence-corrected chi connectivity index (χ0v) is 16.5. The number of hydrogen-bond acceptors (Lipinski definition) is 2. The first-order valence-electron chi connectivity index (χ1n) is 9.45. The molecular weight excluding hydrogens is 386 g/mol. The molecule has 0 radical (unpaired) electrons. The summed E-state index contributed by atoms with van der Waals surface area (Å²) in [6.07, 6.45) is 1.78. The monoisotopic (exact) mass is 406 g/mol. The van der Waals surface area contributed by atoms with Crippen molar-refractivity contribution >= 4 is 22.8 Å². The molecule has 5 nitrogen and oxygen atoms in total. The Morgan fingerprint density at radius 3 is 2.53 bits per heavy atom. The van der Waals surface area contributed by atoms with Gasteiger partial charge in [-0.3, -0.25) is 4.57 Å². The molecule has 1 aromatic heterocycles. The van der Waals surface area contributed by atoms with Crippen LogP contribution in [0.1, 0.15) is 18.5 Å². The summed E-state index contributed by atoms with van der Waals surface area (Å²) >= 11 is 0. The van der Waals surface area contributed by atoms with Gasteiger partial charge < -0.3 is 10.2 Å². The molecule has 0 aliphatic carbocycles. The molecule has 0 spiro atoms. The van der Waals surface area contributed by atoms with Crippen molar-refractivity contribution in [3.8, 4) is 5.69 Å². The number of nitrogens with one attached hydrogen (secondary N) is 1. The lowest BCUT2D eigenvalue weighted by atomic mass is 10.1. The highest BCUT2D eigenvalue weighted by atomic mass is 19.1. The summed E-state index contributed by atoms with van der Waals surface area (Å²) in [7, 11) is 1.62. The highest BCUT2D eigenvalue weighted by Crippen LogP contribution is 2.24. The van der Waals surface area contributed by atoms with Gasteiger partial charge in [-0.15, -0.1) is 0 Å². The molecular formula is C23H20F2N4O. The van der Waals surface area contributed by atoms with Gasteiger partial charge in [0.1, 0.15) is 18.0 Å². The van der Waals surface area contributed by atoms with E-state index in [-0.39, 0.29) is 11.7 Å². The molecule has 0 aliphatic heterocycles. The predicted octanol–water partition coefficient (Wildman–Crippen LogP) is 5.53. The minimum atomic E-state index is -0.818. The first kappa shape index (κ1) is 19.6. The van der Waals surface area contributed by atoms with Gasteiger partial charge in [-0.2, -0.15) is 0 Å². The summed E-state index contributed by atoms with van der Waals surface area (Å²) in [6, 6.07) is 18.0. The normalized spacial score (nSPS) is 12.0. The number of para-hydroxylation sites is 2.